The van der Waals surface area contributed by atoms with Crippen LogP contribution in [-0.2, 0) is 0 Å². The molecule has 4 aromatic carbocycles. The molecule has 1 amide bonds. The van der Waals surface area contributed by atoms with Gasteiger partial charge in [-0.2, -0.15) is 0 Å². The van der Waals surface area contributed by atoms with Gasteiger partial charge >= 0.3 is 0 Å². The molecule has 170 valence electrons. The molecule has 0 saturated heterocycles. The van der Waals surface area contributed by atoms with Crippen LogP contribution in [0.4, 0.5) is 5.69 Å². The number of nitrogens with one attached hydrogen (secondary N) is 1. The number of nitrogens with zero attached hydrogens (tertiary/aromatic N) is 1. The first-order chi connectivity index (χ1) is 16.6. The number of amides is 1. The number of rotatable bonds is 6. The molecule has 1 aromatic heterocycles. The number of carbonyl (C=O) groups is 1. The van der Waals surface area contributed by atoms with Crippen LogP contribution in [0, 0.1) is 0 Å². The predicted octanol–water partition coefficient (Wildman–Crippen LogP) is 5.93. The van der Waals surface area contributed by atoms with Gasteiger partial charge in [-0.25, -0.2) is 4.98 Å². The fraction of sp³-hybridized carbons (Fsp3) is 0.111. The SMILES string of the molecule is COc1cc(-c2nc3cc(NC(=O)c4cccc5ccccc45)ccc3o2)cc(OC)c1OC. The van der Waals surface area contributed by atoms with Crippen molar-refractivity contribution in [2.75, 3.05) is 26.6 Å². The Morgan fingerprint density at radius 3 is 2.32 bits per heavy atom. The maximum Gasteiger partial charge on any atom is 0.256 e. The minimum Gasteiger partial charge on any atom is -0.493 e. The number of ether oxygens (including phenoxy) is 3. The van der Waals surface area contributed by atoms with Gasteiger partial charge < -0.3 is 23.9 Å². The zero-order chi connectivity index (χ0) is 23.7. The van der Waals surface area contributed by atoms with E-state index in [9.17, 15) is 4.79 Å². The molecule has 0 aliphatic carbocycles. The zero-order valence-electron chi connectivity index (χ0n) is 18.9. The Labute approximate surface area is 195 Å². The van der Waals surface area contributed by atoms with Crippen molar-refractivity contribution < 1.29 is 23.4 Å². The Hall–Kier alpha value is -4.52. The van der Waals surface area contributed by atoms with E-state index in [1.807, 2.05) is 42.5 Å². The van der Waals surface area contributed by atoms with Crippen LogP contribution in [0.25, 0.3) is 33.3 Å². The summed E-state index contributed by atoms with van der Waals surface area (Å²) in [4.78, 5) is 17.6. The monoisotopic (exact) mass is 454 g/mol. The summed E-state index contributed by atoms with van der Waals surface area (Å²) in [5.74, 6) is 1.70. The minimum absolute atomic E-state index is 0.190. The van der Waals surface area contributed by atoms with Crippen LogP contribution in [0.15, 0.2) is 77.2 Å². The van der Waals surface area contributed by atoms with Crippen LogP contribution in [0.3, 0.4) is 0 Å². The third-order valence-electron chi connectivity index (χ3n) is 5.59. The molecule has 1 N–H and O–H groups in total. The maximum atomic E-state index is 13.0. The van der Waals surface area contributed by atoms with Crippen molar-refractivity contribution in [1.82, 2.24) is 4.98 Å². The Morgan fingerprint density at radius 1 is 0.853 bits per heavy atom. The second-order valence-corrected chi connectivity index (χ2v) is 7.60. The number of hydrogen-bond acceptors (Lipinski definition) is 6. The summed E-state index contributed by atoms with van der Waals surface area (Å²) in [5.41, 5.74) is 3.10. The van der Waals surface area contributed by atoms with E-state index in [1.54, 1.807) is 51.7 Å². The summed E-state index contributed by atoms with van der Waals surface area (Å²) in [6.45, 7) is 0. The van der Waals surface area contributed by atoms with Gasteiger partial charge in [-0.1, -0.05) is 36.4 Å². The van der Waals surface area contributed by atoms with Gasteiger partial charge in [0, 0.05) is 16.8 Å². The second-order valence-electron chi connectivity index (χ2n) is 7.60. The number of oxazole rings is 1. The molecule has 0 saturated carbocycles. The Balaban J connectivity index is 1.47. The van der Waals surface area contributed by atoms with Crippen LogP contribution in [-0.4, -0.2) is 32.2 Å². The van der Waals surface area contributed by atoms with Crippen LogP contribution in [0.1, 0.15) is 10.4 Å². The molecule has 0 atom stereocenters. The lowest BCUT2D eigenvalue weighted by Gasteiger charge is -2.12. The lowest BCUT2D eigenvalue weighted by atomic mass is 10.0. The van der Waals surface area contributed by atoms with E-state index in [4.69, 9.17) is 18.6 Å². The first-order valence-corrected chi connectivity index (χ1v) is 10.6. The van der Waals surface area contributed by atoms with E-state index in [1.165, 1.54) is 0 Å². The third kappa shape index (κ3) is 3.77. The van der Waals surface area contributed by atoms with Gasteiger partial charge in [0.2, 0.25) is 11.6 Å². The van der Waals surface area contributed by atoms with Crippen molar-refractivity contribution in [2.45, 2.75) is 0 Å². The smallest absolute Gasteiger partial charge is 0.256 e. The van der Waals surface area contributed by atoms with Crippen molar-refractivity contribution in [3.05, 3.63) is 78.4 Å². The van der Waals surface area contributed by atoms with E-state index in [-0.39, 0.29) is 5.91 Å². The van der Waals surface area contributed by atoms with Crippen LogP contribution in [0.5, 0.6) is 17.2 Å². The van der Waals surface area contributed by atoms with Crippen molar-refractivity contribution in [3.63, 3.8) is 0 Å². The summed E-state index contributed by atoms with van der Waals surface area (Å²) >= 11 is 0. The normalized spacial score (nSPS) is 10.9. The summed E-state index contributed by atoms with van der Waals surface area (Å²) in [6.07, 6.45) is 0. The number of anilines is 1. The van der Waals surface area contributed by atoms with E-state index >= 15 is 0 Å². The van der Waals surface area contributed by atoms with Crippen molar-refractivity contribution in [3.8, 4) is 28.7 Å². The highest BCUT2D eigenvalue weighted by molar-refractivity contribution is 6.13. The molecule has 7 heteroatoms. The van der Waals surface area contributed by atoms with Gasteiger partial charge in [0.1, 0.15) is 5.52 Å². The topological polar surface area (TPSA) is 82.8 Å². The summed E-state index contributed by atoms with van der Waals surface area (Å²) in [6, 6.07) is 22.4. The van der Waals surface area contributed by atoms with Gasteiger partial charge in [0.15, 0.2) is 17.1 Å². The summed E-state index contributed by atoms with van der Waals surface area (Å²) in [7, 11) is 4.66. The zero-order valence-corrected chi connectivity index (χ0v) is 18.9. The lowest BCUT2D eigenvalue weighted by molar-refractivity contribution is 0.102. The summed E-state index contributed by atoms with van der Waals surface area (Å²) < 4.78 is 22.2. The fourth-order valence-corrected chi connectivity index (χ4v) is 3.96. The minimum atomic E-state index is -0.190. The fourth-order valence-electron chi connectivity index (χ4n) is 3.96. The van der Waals surface area contributed by atoms with Gasteiger partial charge in [-0.3, -0.25) is 4.79 Å². The molecule has 1 heterocycles. The summed E-state index contributed by atoms with van der Waals surface area (Å²) in [5, 5.41) is 4.88. The Kier molecular flexibility index (Phi) is 5.51. The number of carbonyl (C=O) groups excluding carboxylic acids is 1. The number of fused-ring (bicyclic) bond motifs is 2. The van der Waals surface area contributed by atoms with E-state index in [0.717, 1.165) is 10.8 Å². The van der Waals surface area contributed by atoms with Crippen LogP contribution < -0.4 is 19.5 Å². The number of hydrogen-bond donors (Lipinski definition) is 1. The Bertz CT molecular complexity index is 1490. The van der Waals surface area contributed by atoms with Crippen LogP contribution >= 0.6 is 0 Å². The van der Waals surface area contributed by atoms with Gasteiger partial charge in [-0.05, 0) is 47.2 Å². The Morgan fingerprint density at radius 2 is 1.59 bits per heavy atom. The predicted molar refractivity (Wildman–Crippen MR) is 131 cm³/mol. The molecule has 0 aliphatic heterocycles. The molecule has 7 nitrogen and oxygen atoms in total. The van der Waals surface area contributed by atoms with Crippen molar-refractivity contribution in [2.24, 2.45) is 0 Å². The molecule has 0 spiro atoms. The molecule has 0 fully saturated rings. The van der Waals surface area contributed by atoms with Gasteiger partial charge in [0.25, 0.3) is 5.91 Å². The van der Waals surface area contributed by atoms with E-state index in [0.29, 0.717) is 51.1 Å². The standard InChI is InChI=1S/C27H22N2O5/c1-31-23-13-17(14-24(32-2)25(23)33-3)27-29-21-15-18(11-12-22(21)34-27)28-26(30)20-10-6-8-16-7-4-5-9-19(16)20/h4-15H,1-3H3,(H,28,30). The second kappa shape index (κ2) is 8.78. The molecular weight excluding hydrogens is 432 g/mol. The first kappa shape index (κ1) is 21.3. The highest BCUT2D eigenvalue weighted by atomic mass is 16.5. The van der Waals surface area contributed by atoms with Crippen LogP contribution in [0.2, 0.25) is 0 Å². The molecule has 0 unspecified atom stereocenters. The quantitative estimate of drug-likeness (QED) is 0.343. The van der Waals surface area contributed by atoms with Crippen molar-refractivity contribution in [1.29, 1.82) is 0 Å². The van der Waals surface area contributed by atoms with Crippen molar-refractivity contribution >= 4 is 33.5 Å². The first-order valence-electron chi connectivity index (χ1n) is 10.6. The molecule has 5 aromatic rings. The average molecular weight is 454 g/mol. The average Bonchev–Trinajstić information content (AvgIpc) is 3.30. The largest absolute Gasteiger partial charge is 0.493 e. The lowest BCUT2D eigenvalue weighted by Crippen LogP contribution is -2.12. The molecule has 0 aliphatic rings. The van der Waals surface area contributed by atoms with Gasteiger partial charge in [-0.15, -0.1) is 0 Å². The molecule has 0 radical (unpaired) electrons. The molecule has 0 bridgehead atoms. The van der Waals surface area contributed by atoms with Gasteiger partial charge in [0.05, 0.1) is 21.3 Å². The highest BCUT2D eigenvalue weighted by Gasteiger charge is 2.18. The molecular formula is C27H22N2O5. The highest BCUT2D eigenvalue weighted by Crippen LogP contribution is 2.41. The number of methoxy groups -OCH3 is 3. The number of benzene rings is 4. The third-order valence-corrected chi connectivity index (χ3v) is 5.59. The van der Waals surface area contributed by atoms with E-state index < -0.39 is 0 Å². The molecule has 5 rings (SSSR count). The maximum absolute atomic E-state index is 13.0. The number of aromatic nitrogens is 1. The molecule has 34 heavy (non-hydrogen) atoms. The van der Waals surface area contributed by atoms with E-state index in [2.05, 4.69) is 10.3 Å².